The highest BCUT2D eigenvalue weighted by Crippen LogP contribution is 2.25. The van der Waals surface area contributed by atoms with Crippen molar-refractivity contribution in [1.82, 2.24) is 14.7 Å². The predicted molar refractivity (Wildman–Crippen MR) is 96.3 cm³/mol. The van der Waals surface area contributed by atoms with Crippen LogP contribution in [0, 0.1) is 23.4 Å². The molecular weight excluding hydrogens is 414 g/mol. The SMILES string of the molecule is O=C(c1ccc2ncc(F)nc2c1)c1c(F)c(F)cc(CCCNS(=O)O)c1F. The number of nitrogens with zero attached hydrogens (tertiary/aromatic N) is 2. The maximum atomic E-state index is 14.8. The summed E-state index contributed by atoms with van der Waals surface area (Å²) in [6.45, 7) is 0.0136. The predicted octanol–water partition coefficient (Wildman–Crippen LogP) is 3.08. The van der Waals surface area contributed by atoms with Crippen LogP contribution in [-0.2, 0) is 17.7 Å². The van der Waals surface area contributed by atoms with E-state index >= 15 is 0 Å². The maximum absolute atomic E-state index is 14.8. The van der Waals surface area contributed by atoms with Crippen LogP contribution in [-0.4, -0.2) is 31.1 Å². The first-order chi connectivity index (χ1) is 13.8. The Hall–Kier alpha value is -2.76. The average Bonchev–Trinajstić information content (AvgIpc) is 2.68. The summed E-state index contributed by atoms with van der Waals surface area (Å²) in [7, 11) is 0. The molecule has 1 atom stereocenters. The number of carbonyl (C=O) groups excluding carboxylic acids is 1. The zero-order valence-corrected chi connectivity index (χ0v) is 15.4. The first-order valence-electron chi connectivity index (χ1n) is 8.25. The lowest BCUT2D eigenvalue weighted by Crippen LogP contribution is -2.18. The molecule has 0 aliphatic carbocycles. The van der Waals surface area contributed by atoms with Crippen LogP contribution in [0.1, 0.15) is 27.9 Å². The van der Waals surface area contributed by atoms with Crippen molar-refractivity contribution in [3.8, 4) is 0 Å². The van der Waals surface area contributed by atoms with Gasteiger partial charge in [-0.05, 0) is 42.7 Å². The zero-order valence-electron chi connectivity index (χ0n) is 14.6. The van der Waals surface area contributed by atoms with Crippen molar-refractivity contribution in [1.29, 1.82) is 0 Å². The largest absolute Gasteiger partial charge is 0.294 e. The normalized spacial score (nSPS) is 12.3. The molecule has 0 spiro atoms. The Kier molecular flexibility index (Phi) is 6.30. The minimum Gasteiger partial charge on any atom is -0.294 e. The van der Waals surface area contributed by atoms with Crippen LogP contribution in [0.4, 0.5) is 17.6 Å². The molecule has 0 fully saturated rings. The number of benzene rings is 2. The van der Waals surface area contributed by atoms with E-state index in [2.05, 4.69) is 14.7 Å². The van der Waals surface area contributed by atoms with Crippen molar-refractivity contribution >= 4 is 28.1 Å². The van der Waals surface area contributed by atoms with E-state index in [0.29, 0.717) is 6.07 Å². The Morgan fingerprint density at radius 3 is 2.59 bits per heavy atom. The number of hydrogen-bond donors (Lipinski definition) is 2. The second kappa shape index (κ2) is 8.72. The van der Waals surface area contributed by atoms with Gasteiger partial charge in [0.1, 0.15) is 5.82 Å². The number of carbonyl (C=O) groups is 1. The Balaban J connectivity index is 1.96. The van der Waals surface area contributed by atoms with Crippen LogP contribution in [0.3, 0.4) is 0 Å². The smallest absolute Gasteiger partial charge is 0.231 e. The summed E-state index contributed by atoms with van der Waals surface area (Å²) in [4.78, 5) is 20.0. The number of halogens is 4. The number of aromatic nitrogens is 2. The topological polar surface area (TPSA) is 92.2 Å². The van der Waals surface area contributed by atoms with Gasteiger partial charge in [0.05, 0.1) is 22.8 Å². The van der Waals surface area contributed by atoms with E-state index in [0.717, 1.165) is 12.3 Å². The lowest BCUT2D eigenvalue weighted by Gasteiger charge is -2.11. The summed E-state index contributed by atoms with van der Waals surface area (Å²) in [6.07, 6.45) is 0.901. The molecule has 0 amide bonds. The summed E-state index contributed by atoms with van der Waals surface area (Å²) in [5.74, 6) is -6.32. The molecule has 0 saturated heterocycles. The van der Waals surface area contributed by atoms with Gasteiger partial charge in [0, 0.05) is 12.1 Å². The highest BCUT2D eigenvalue weighted by atomic mass is 32.2. The summed E-state index contributed by atoms with van der Waals surface area (Å²) < 4.78 is 77.6. The molecule has 1 heterocycles. The number of aryl methyl sites for hydroxylation is 1. The van der Waals surface area contributed by atoms with Crippen LogP contribution in [0.15, 0.2) is 30.5 Å². The Morgan fingerprint density at radius 1 is 1.10 bits per heavy atom. The number of rotatable bonds is 7. The maximum Gasteiger partial charge on any atom is 0.231 e. The van der Waals surface area contributed by atoms with E-state index < -0.39 is 46.0 Å². The molecule has 2 aromatic carbocycles. The molecular formula is C18H13F4N3O3S. The van der Waals surface area contributed by atoms with Crippen LogP contribution in [0.5, 0.6) is 0 Å². The standard InChI is InChI=1S/C18H13F4N3O3S/c19-11-6-9(2-1-5-24-29(27)28)16(21)15(17(11)22)18(26)10-3-4-12-13(7-10)25-14(20)8-23-12/h3-4,6-8,24H,1-2,5H2,(H,27,28). The number of ketones is 1. The summed E-state index contributed by atoms with van der Waals surface area (Å²) >= 11 is -2.26. The Morgan fingerprint density at radius 2 is 1.86 bits per heavy atom. The van der Waals surface area contributed by atoms with Crippen LogP contribution < -0.4 is 4.72 Å². The molecule has 0 bridgehead atoms. The van der Waals surface area contributed by atoms with E-state index in [4.69, 9.17) is 4.55 Å². The molecule has 152 valence electrons. The molecule has 0 aliphatic heterocycles. The first kappa shape index (κ1) is 21.0. The molecule has 0 saturated carbocycles. The first-order valence-corrected chi connectivity index (χ1v) is 9.36. The van der Waals surface area contributed by atoms with Crippen molar-refractivity contribution < 1.29 is 31.1 Å². The quantitative estimate of drug-likeness (QED) is 0.199. The molecule has 1 aromatic heterocycles. The fourth-order valence-electron chi connectivity index (χ4n) is 2.75. The van der Waals surface area contributed by atoms with Gasteiger partial charge in [0.2, 0.25) is 17.2 Å². The summed E-state index contributed by atoms with van der Waals surface area (Å²) in [6, 6.07) is 4.29. The van der Waals surface area contributed by atoms with Gasteiger partial charge in [-0.3, -0.25) is 9.35 Å². The third-order valence-electron chi connectivity index (χ3n) is 4.08. The molecule has 1 unspecified atom stereocenters. The van der Waals surface area contributed by atoms with E-state index in [1.54, 1.807) is 0 Å². The monoisotopic (exact) mass is 427 g/mol. The molecule has 3 rings (SSSR count). The van der Waals surface area contributed by atoms with Gasteiger partial charge >= 0.3 is 0 Å². The second-order valence-corrected chi connectivity index (χ2v) is 6.78. The van der Waals surface area contributed by atoms with Gasteiger partial charge in [-0.25, -0.2) is 32.1 Å². The molecule has 3 aromatic rings. The molecule has 0 aliphatic rings. The van der Waals surface area contributed by atoms with Crippen molar-refractivity contribution in [2.24, 2.45) is 0 Å². The van der Waals surface area contributed by atoms with E-state index in [9.17, 15) is 26.6 Å². The minimum absolute atomic E-state index is 0.00336. The fourth-order valence-corrected chi connectivity index (χ4v) is 3.07. The fraction of sp³-hybridized carbons (Fsp3) is 0.167. The van der Waals surface area contributed by atoms with Gasteiger partial charge in [-0.15, -0.1) is 0 Å². The molecule has 6 nitrogen and oxygen atoms in total. The van der Waals surface area contributed by atoms with Gasteiger partial charge in [-0.2, -0.15) is 4.39 Å². The van der Waals surface area contributed by atoms with Gasteiger partial charge < -0.3 is 0 Å². The van der Waals surface area contributed by atoms with E-state index in [1.807, 2.05) is 0 Å². The average molecular weight is 427 g/mol. The van der Waals surface area contributed by atoms with Crippen LogP contribution in [0.2, 0.25) is 0 Å². The van der Waals surface area contributed by atoms with E-state index in [-0.39, 0.29) is 41.5 Å². The summed E-state index contributed by atoms with van der Waals surface area (Å²) in [5, 5.41) is 0. The van der Waals surface area contributed by atoms with Crippen molar-refractivity contribution in [2.75, 3.05) is 6.54 Å². The van der Waals surface area contributed by atoms with E-state index in [1.165, 1.54) is 12.1 Å². The molecule has 11 heteroatoms. The number of fused-ring (bicyclic) bond motifs is 1. The van der Waals surface area contributed by atoms with Gasteiger partial charge in [0.15, 0.2) is 17.4 Å². The lowest BCUT2D eigenvalue weighted by molar-refractivity contribution is 0.102. The van der Waals surface area contributed by atoms with Gasteiger partial charge in [-0.1, -0.05) is 0 Å². The molecule has 29 heavy (non-hydrogen) atoms. The lowest BCUT2D eigenvalue weighted by atomic mass is 9.97. The highest BCUT2D eigenvalue weighted by Gasteiger charge is 2.25. The van der Waals surface area contributed by atoms with Crippen LogP contribution >= 0.6 is 0 Å². The van der Waals surface area contributed by atoms with Crippen LogP contribution in [0.25, 0.3) is 11.0 Å². The van der Waals surface area contributed by atoms with Crippen molar-refractivity contribution in [3.63, 3.8) is 0 Å². The Bertz CT molecular complexity index is 1130. The number of hydrogen-bond acceptors (Lipinski definition) is 4. The molecule has 2 N–H and O–H groups in total. The third kappa shape index (κ3) is 4.63. The third-order valence-corrected chi connectivity index (χ3v) is 4.53. The Labute approximate surface area is 164 Å². The minimum atomic E-state index is -2.26. The van der Waals surface area contributed by atoms with Crippen molar-refractivity contribution in [3.05, 3.63) is 70.6 Å². The van der Waals surface area contributed by atoms with Gasteiger partial charge in [0.25, 0.3) is 0 Å². The van der Waals surface area contributed by atoms with Crippen molar-refractivity contribution in [2.45, 2.75) is 12.8 Å². The highest BCUT2D eigenvalue weighted by molar-refractivity contribution is 7.77. The zero-order chi connectivity index (χ0) is 21.1. The number of nitrogens with one attached hydrogen (secondary N) is 1. The second-order valence-electron chi connectivity index (χ2n) is 5.99. The molecule has 0 radical (unpaired) electrons. The summed E-state index contributed by atoms with van der Waals surface area (Å²) in [5.41, 5.74) is -1.30.